The second kappa shape index (κ2) is 3.72. The summed E-state index contributed by atoms with van der Waals surface area (Å²) in [6.07, 6.45) is 2.18. The fourth-order valence-electron chi connectivity index (χ4n) is 2.16. The molecule has 16 heavy (non-hydrogen) atoms. The molecule has 2 heterocycles. The van der Waals surface area contributed by atoms with E-state index in [1.807, 2.05) is 34.9 Å². The molecule has 0 amide bonds. The maximum Gasteiger partial charge on any atom is 0.166 e. The quantitative estimate of drug-likeness (QED) is 0.788. The van der Waals surface area contributed by atoms with E-state index in [0.29, 0.717) is 0 Å². The third-order valence-corrected chi connectivity index (χ3v) is 2.96. The maximum absolute atomic E-state index is 9.98. The highest BCUT2D eigenvalue weighted by molar-refractivity contribution is 5.55. The number of fused-ring (bicyclic) bond motifs is 1. The van der Waals surface area contributed by atoms with Crippen molar-refractivity contribution in [1.82, 2.24) is 14.8 Å². The van der Waals surface area contributed by atoms with E-state index < -0.39 is 6.23 Å². The lowest BCUT2D eigenvalue weighted by molar-refractivity contribution is 0.0796. The largest absolute Gasteiger partial charge is 0.373 e. The standard InChI is InChI=1S/C12H13N3O/c16-11-8-4-7-10-13-14-12(15(10)11)9-5-2-1-3-6-9/h1-3,5-6,11,16H,4,7-8H2. The van der Waals surface area contributed by atoms with Crippen molar-refractivity contribution in [3.8, 4) is 11.4 Å². The van der Waals surface area contributed by atoms with Crippen molar-refractivity contribution in [2.75, 3.05) is 0 Å². The van der Waals surface area contributed by atoms with E-state index in [4.69, 9.17) is 0 Å². The minimum atomic E-state index is -0.478. The number of benzene rings is 1. The van der Waals surface area contributed by atoms with Crippen LogP contribution in [-0.4, -0.2) is 19.9 Å². The van der Waals surface area contributed by atoms with Gasteiger partial charge in [0.1, 0.15) is 12.1 Å². The average Bonchev–Trinajstić information content (AvgIpc) is 2.75. The van der Waals surface area contributed by atoms with Gasteiger partial charge in [0.25, 0.3) is 0 Å². The highest BCUT2D eigenvalue weighted by Crippen LogP contribution is 2.27. The molecule has 0 radical (unpaired) electrons. The molecule has 1 aliphatic heterocycles. The maximum atomic E-state index is 9.98. The van der Waals surface area contributed by atoms with Crippen molar-refractivity contribution in [3.63, 3.8) is 0 Å². The van der Waals surface area contributed by atoms with Crippen molar-refractivity contribution in [2.24, 2.45) is 0 Å². The van der Waals surface area contributed by atoms with Gasteiger partial charge in [-0.2, -0.15) is 0 Å². The van der Waals surface area contributed by atoms with Gasteiger partial charge >= 0.3 is 0 Å². The molecule has 0 saturated carbocycles. The molecule has 1 N–H and O–H groups in total. The lowest BCUT2D eigenvalue weighted by Crippen LogP contribution is -2.18. The monoisotopic (exact) mass is 215 g/mol. The van der Waals surface area contributed by atoms with Gasteiger partial charge in [-0.15, -0.1) is 10.2 Å². The summed E-state index contributed by atoms with van der Waals surface area (Å²) in [6.45, 7) is 0. The molecule has 0 aliphatic carbocycles. The van der Waals surface area contributed by atoms with Gasteiger partial charge in [-0.05, 0) is 12.8 Å². The van der Waals surface area contributed by atoms with Crippen LogP contribution in [0.15, 0.2) is 30.3 Å². The summed E-state index contributed by atoms with van der Waals surface area (Å²) in [5.74, 6) is 1.65. The molecule has 4 heteroatoms. The van der Waals surface area contributed by atoms with Crippen molar-refractivity contribution in [1.29, 1.82) is 0 Å². The van der Waals surface area contributed by atoms with Gasteiger partial charge in [-0.25, -0.2) is 0 Å². The summed E-state index contributed by atoms with van der Waals surface area (Å²) in [5, 5.41) is 18.3. The summed E-state index contributed by atoms with van der Waals surface area (Å²) >= 11 is 0. The molecule has 0 fully saturated rings. The second-order valence-electron chi connectivity index (χ2n) is 4.05. The summed E-state index contributed by atoms with van der Waals surface area (Å²) in [7, 11) is 0. The molecule has 1 atom stereocenters. The highest BCUT2D eigenvalue weighted by atomic mass is 16.3. The highest BCUT2D eigenvalue weighted by Gasteiger charge is 2.23. The van der Waals surface area contributed by atoms with Crippen LogP contribution in [0, 0.1) is 0 Å². The zero-order chi connectivity index (χ0) is 11.0. The van der Waals surface area contributed by atoms with Gasteiger partial charge in [-0.1, -0.05) is 30.3 Å². The Morgan fingerprint density at radius 3 is 2.81 bits per heavy atom. The first-order valence-electron chi connectivity index (χ1n) is 5.53. The molecule has 1 aromatic heterocycles. The first-order chi connectivity index (χ1) is 7.86. The Bertz CT molecular complexity index is 492. The second-order valence-corrected chi connectivity index (χ2v) is 4.05. The fourth-order valence-corrected chi connectivity index (χ4v) is 2.16. The van der Waals surface area contributed by atoms with Crippen molar-refractivity contribution in [3.05, 3.63) is 36.2 Å². The SMILES string of the molecule is OC1CCCc2nnc(-c3ccccc3)n21. The molecule has 4 nitrogen and oxygen atoms in total. The minimum absolute atomic E-state index is 0.478. The molecule has 3 rings (SSSR count). The number of nitrogens with zero attached hydrogens (tertiary/aromatic N) is 3. The van der Waals surface area contributed by atoms with Crippen LogP contribution >= 0.6 is 0 Å². The summed E-state index contributed by atoms with van der Waals surface area (Å²) in [4.78, 5) is 0. The summed E-state index contributed by atoms with van der Waals surface area (Å²) < 4.78 is 1.85. The molecule has 0 saturated heterocycles. The molecule has 1 aliphatic rings. The molecule has 0 spiro atoms. The molecular formula is C12H13N3O. The Kier molecular flexibility index (Phi) is 2.22. The van der Waals surface area contributed by atoms with Crippen molar-refractivity contribution in [2.45, 2.75) is 25.5 Å². The van der Waals surface area contributed by atoms with E-state index in [-0.39, 0.29) is 0 Å². The molecule has 2 aromatic rings. The van der Waals surface area contributed by atoms with Crippen LogP contribution in [0.4, 0.5) is 0 Å². The third kappa shape index (κ3) is 1.42. The minimum Gasteiger partial charge on any atom is -0.373 e. The van der Waals surface area contributed by atoms with Crippen LogP contribution < -0.4 is 0 Å². The van der Waals surface area contributed by atoms with E-state index in [9.17, 15) is 5.11 Å². The predicted molar refractivity (Wildman–Crippen MR) is 59.7 cm³/mol. The third-order valence-electron chi connectivity index (χ3n) is 2.96. The van der Waals surface area contributed by atoms with E-state index in [1.165, 1.54) is 0 Å². The van der Waals surface area contributed by atoms with Crippen LogP contribution in [0.25, 0.3) is 11.4 Å². The molecule has 0 bridgehead atoms. The average molecular weight is 215 g/mol. The Labute approximate surface area is 93.6 Å². The van der Waals surface area contributed by atoms with E-state index in [1.54, 1.807) is 0 Å². The topological polar surface area (TPSA) is 50.9 Å². The van der Waals surface area contributed by atoms with Crippen LogP contribution in [0.5, 0.6) is 0 Å². The predicted octanol–water partition coefficient (Wildman–Crippen LogP) is 1.77. The van der Waals surface area contributed by atoms with Crippen LogP contribution in [0.1, 0.15) is 24.9 Å². The van der Waals surface area contributed by atoms with Gasteiger partial charge in [0.05, 0.1) is 0 Å². The number of hydrogen-bond donors (Lipinski definition) is 1. The normalized spacial score (nSPS) is 19.4. The molecular weight excluding hydrogens is 202 g/mol. The smallest absolute Gasteiger partial charge is 0.166 e. The Hall–Kier alpha value is -1.68. The first kappa shape index (κ1) is 9.54. The number of aryl methyl sites for hydroxylation is 1. The van der Waals surface area contributed by atoms with Crippen molar-refractivity contribution < 1.29 is 5.11 Å². The van der Waals surface area contributed by atoms with Crippen LogP contribution in [-0.2, 0) is 6.42 Å². The molecule has 82 valence electrons. The van der Waals surface area contributed by atoms with Gasteiger partial charge in [-0.3, -0.25) is 4.57 Å². The fraction of sp³-hybridized carbons (Fsp3) is 0.333. The van der Waals surface area contributed by atoms with Crippen LogP contribution in [0.3, 0.4) is 0 Å². The lowest BCUT2D eigenvalue weighted by atomic mass is 10.1. The zero-order valence-electron chi connectivity index (χ0n) is 8.87. The van der Waals surface area contributed by atoms with Crippen molar-refractivity contribution >= 4 is 0 Å². The van der Waals surface area contributed by atoms with Gasteiger partial charge in [0.15, 0.2) is 5.82 Å². The van der Waals surface area contributed by atoms with Gasteiger partial charge in [0, 0.05) is 12.0 Å². The number of hydrogen-bond acceptors (Lipinski definition) is 3. The molecule has 1 unspecified atom stereocenters. The Morgan fingerprint density at radius 2 is 2.00 bits per heavy atom. The molecule has 1 aromatic carbocycles. The van der Waals surface area contributed by atoms with Gasteiger partial charge in [0.2, 0.25) is 0 Å². The first-order valence-corrected chi connectivity index (χ1v) is 5.53. The Balaban J connectivity index is 2.13. The van der Waals surface area contributed by atoms with Crippen LogP contribution in [0.2, 0.25) is 0 Å². The zero-order valence-corrected chi connectivity index (χ0v) is 8.87. The van der Waals surface area contributed by atoms with E-state index >= 15 is 0 Å². The number of aliphatic hydroxyl groups is 1. The van der Waals surface area contributed by atoms with Gasteiger partial charge < -0.3 is 5.11 Å². The van der Waals surface area contributed by atoms with E-state index in [2.05, 4.69) is 10.2 Å². The lowest BCUT2D eigenvalue weighted by Gasteiger charge is -2.21. The number of aliphatic hydroxyl groups excluding tert-OH is 1. The number of rotatable bonds is 1. The Morgan fingerprint density at radius 1 is 1.19 bits per heavy atom. The summed E-state index contributed by atoms with van der Waals surface area (Å²) in [6, 6.07) is 9.86. The van der Waals surface area contributed by atoms with E-state index in [0.717, 1.165) is 36.5 Å². The number of aromatic nitrogens is 3. The summed E-state index contributed by atoms with van der Waals surface area (Å²) in [5.41, 5.74) is 1.00.